The smallest absolute Gasteiger partial charge is 0.326 e. The van der Waals surface area contributed by atoms with Crippen LogP contribution in [0.1, 0.15) is 25.1 Å². The van der Waals surface area contributed by atoms with E-state index in [0.717, 1.165) is 12.1 Å². The van der Waals surface area contributed by atoms with Gasteiger partial charge in [0.05, 0.1) is 17.7 Å². The van der Waals surface area contributed by atoms with Crippen molar-refractivity contribution in [3.05, 3.63) is 65.2 Å². The molecular formula is C22H20F3N3O2S. The zero-order valence-electron chi connectivity index (χ0n) is 16.8. The first kappa shape index (κ1) is 22.5. The lowest BCUT2D eigenvalue weighted by atomic mass is 10.1. The van der Waals surface area contributed by atoms with E-state index >= 15 is 0 Å². The Morgan fingerprint density at radius 1 is 0.968 bits per heavy atom. The van der Waals surface area contributed by atoms with Crippen LogP contribution in [-0.2, 0) is 22.2 Å². The van der Waals surface area contributed by atoms with Gasteiger partial charge in [0, 0.05) is 28.2 Å². The van der Waals surface area contributed by atoms with Crippen LogP contribution in [0.15, 0.2) is 53.9 Å². The van der Waals surface area contributed by atoms with Crippen LogP contribution in [0.5, 0.6) is 0 Å². The van der Waals surface area contributed by atoms with Crippen molar-refractivity contribution in [3.63, 3.8) is 0 Å². The average molecular weight is 447 g/mol. The van der Waals surface area contributed by atoms with Crippen molar-refractivity contribution in [1.82, 2.24) is 4.98 Å². The molecule has 2 N–H and O–H groups in total. The lowest BCUT2D eigenvalue weighted by molar-refractivity contribution is -0.137. The van der Waals surface area contributed by atoms with Crippen molar-refractivity contribution < 1.29 is 22.8 Å². The molecule has 162 valence electrons. The average Bonchev–Trinajstić information content (AvgIpc) is 3.17. The van der Waals surface area contributed by atoms with Crippen molar-refractivity contribution in [2.24, 2.45) is 5.92 Å². The Bertz CT molecular complexity index is 1060. The van der Waals surface area contributed by atoms with Gasteiger partial charge in [0.2, 0.25) is 11.8 Å². The minimum absolute atomic E-state index is 0.0307. The zero-order valence-corrected chi connectivity index (χ0v) is 17.6. The van der Waals surface area contributed by atoms with Crippen LogP contribution >= 0.6 is 11.3 Å². The fourth-order valence-corrected chi connectivity index (χ4v) is 3.44. The molecule has 0 aliphatic carbocycles. The summed E-state index contributed by atoms with van der Waals surface area (Å²) in [6.07, 6.45) is -4.36. The number of hydrogen-bond donors (Lipinski definition) is 2. The molecule has 2 aromatic carbocycles. The Kier molecular flexibility index (Phi) is 6.74. The number of alkyl halides is 3. The van der Waals surface area contributed by atoms with Gasteiger partial charge < -0.3 is 10.6 Å². The fourth-order valence-electron chi connectivity index (χ4n) is 2.62. The summed E-state index contributed by atoms with van der Waals surface area (Å²) in [6, 6.07) is 11.5. The molecule has 3 rings (SSSR count). The number of amides is 2. The second kappa shape index (κ2) is 9.30. The van der Waals surface area contributed by atoms with Crippen LogP contribution < -0.4 is 10.6 Å². The first-order valence-corrected chi connectivity index (χ1v) is 10.3. The number of benzene rings is 2. The van der Waals surface area contributed by atoms with Crippen molar-refractivity contribution in [2.75, 3.05) is 10.6 Å². The van der Waals surface area contributed by atoms with Gasteiger partial charge in [0.15, 0.2) is 0 Å². The summed E-state index contributed by atoms with van der Waals surface area (Å²) in [7, 11) is 0. The highest BCUT2D eigenvalue weighted by Gasteiger charge is 2.30. The second-order valence-electron chi connectivity index (χ2n) is 7.17. The minimum atomic E-state index is -4.39. The summed E-state index contributed by atoms with van der Waals surface area (Å²) in [6.45, 7) is 3.59. The number of anilines is 2. The van der Waals surface area contributed by atoms with E-state index in [9.17, 15) is 22.8 Å². The summed E-state index contributed by atoms with van der Waals surface area (Å²) >= 11 is 1.26. The van der Waals surface area contributed by atoms with Gasteiger partial charge in [-0.3, -0.25) is 9.59 Å². The summed E-state index contributed by atoms with van der Waals surface area (Å²) < 4.78 is 38.0. The number of aromatic nitrogens is 1. The molecule has 0 aliphatic rings. The van der Waals surface area contributed by atoms with Crippen LogP contribution in [0.2, 0.25) is 0 Å². The first-order valence-electron chi connectivity index (χ1n) is 9.44. The number of carbonyl (C=O) groups is 2. The summed E-state index contributed by atoms with van der Waals surface area (Å²) in [5, 5.41) is 7.77. The molecular weight excluding hydrogens is 427 g/mol. The molecule has 1 aromatic heterocycles. The topological polar surface area (TPSA) is 71.1 Å². The molecule has 0 saturated heterocycles. The van der Waals surface area contributed by atoms with Gasteiger partial charge in [-0.05, 0) is 36.4 Å². The molecule has 0 fully saturated rings. The molecule has 0 unspecified atom stereocenters. The highest BCUT2D eigenvalue weighted by molar-refractivity contribution is 7.13. The van der Waals surface area contributed by atoms with E-state index in [2.05, 4.69) is 15.6 Å². The largest absolute Gasteiger partial charge is 0.416 e. The van der Waals surface area contributed by atoms with E-state index in [0.29, 0.717) is 27.6 Å². The van der Waals surface area contributed by atoms with E-state index in [4.69, 9.17) is 0 Å². The van der Waals surface area contributed by atoms with Crippen LogP contribution in [0.4, 0.5) is 24.5 Å². The molecule has 9 heteroatoms. The molecule has 31 heavy (non-hydrogen) atoms. The van der Waals surface area contributed by atoms with Gasteiger partial charge in [-0.1, -0.05) is 26.0 Å². The number of rotatable bonds is 6. The number of halogens is 3. The summed E-state index contributed by atoms with van der Waals surface area (Å²) in [5.41, 5.74) is 1.58. The normalized spacial score (nSPS) is 11.4. The molecule has 0 atom stereocenters. The highest BCUT2D eigenvalue weighted by atomic mass is 32.1. The van der Waals surface area contributed by atoms with Crippen molar-refractivity contribution in [2.45, 2.75) is 26.4 Å². The Morgan fingerprint density at radius 2 is 1.55 bits per heavy atom. The maximum absolute atomic E-state index is 12.7. The molecule has 0 spiro atoms. The van der Waals surface area contributed by atoms with Crippen LogP contribution in [0.3, 0.4) is 0 Å². The van der Waals surface area contributed by atoms with E-state index in [1.54, 1.807) is 43.5 Å². The molecule has 5 nitrogen and oxygen atoms in total. The Balaban J connectivity index is 1.58. The van der Waals surface area contributed by atoms with Gasteiger partial charge >= 0.3 is 6.18 Å². The lowest BCUT2D eigenvalue weighted by Crippen LogP contribution is -2.18. The van der Waals surface area contributed by atoms with Crippen LogP contribution in [0, 0.1) is 5.92 Å². The van der Waals surface area contributed by atoms with Gasteiger partial charge in [-0.2, -0.15) is 13.2 Å². The Hall–Kier alpha value is -3.20. The number of carbonyl (C=O) groups excluding carboxylic acids is 2. The third kappa shape index (κ3) is 6.14. The molecule has 3 aromatic rings. The molecule has 0 aliphatic heterocycles. The van der Waals surface area contributed by atoms with Crippen molar-refractivity contribution in [1.29, 1.82) is 0 Å². The maximum atomic E-state index is 12.7. The van der Waals surface area contributed by atoms with E-state index in [-0.39, 0.29) is 24.2 Å². The number of nitrogens with one attached hydrogen (secondary N) is 2. The molecule has 0 bridgehead atoms. The van der Waals surface area contributed by atoms with Crippen molar-refractivity contribution in [3.8, 4) is 10.6 Å². The van der Waals surface area contributed by atoms with E-state index in [1.807, 2.05) is 0 Å². The van der Waals surface area contributed by atoms with Gasteiger partial charge in [0.1, 0.15) is 5.01 Å². The van der Waals surface area contributed by atoms with Crippen molar-refractivity contribution >= 4 is 34.5 Å². The van der Waals surface area contributed by atoms with E-state index in [1.165, 1.54) is 23.5 Å². The minimum Gasteiger partial charge on any atom is -0.326 e. The van der Waals surface area contributed by atoms with Crippen LogP contribution in [0.25, 0.3) is 10.6 Å². The first-order chi connectivity index (χ1) is 14.6. The summed E-state index contributed by atoms with van der Waals surface area (Å²) in [5.74, 6) is -0.502. The zero-order chi connectivity index (χ0) is 22.6. The molecule has 0 saturated carbocycles. The number of nitrogens with zero attached hydrogens (tertiary/aromatic N) is 1. The van der Waals surface area contributed by atoms with Gasteiger partial charge in [0.25, 0.3) is 0 Å². The molecule has 2 amide bonds. The highest BCUT2D eigenvalue weighted by Crippen LogP contribution is 2.31. The maximum Gasteiger partial charge on any atom is 0.416 e. The summed E-state index contributed by atoms with van der Waals surface area (Å²) in [4.78, 5) is 28.3. The van der Waals surface area contributed by atoms with Gasteiger partial charge in [-0.25, -0.2) is 4.98 Å². The fraction of sp³-hybridized carbons (Fsp3) is 0.227. The third-order valence-electron chi connectivity index (χ3n) is 4.31. The third-order valence-corrected chi connectivity index (χ3v) is 5.25. The number of hydrogen-bond acceptors (Lipinski definition) is 4. The lowest BCUT2D eigenvalue weighted by Gasteiger charge is -2.09. The molecule has 0 radical (unpaired) electrons. The van der Waals surface area contributed by atoms with Gasteiger partial charge in [-0.15, -0.1) is 11.3 Å². The number of thiazole rings is 1. The molecule has 1 heterocycles. The predicted molar refractivity (Wildman–Crippen MR) is 115 cm³/mol. The Labute approximate surface area is 181 Å². The predicted octanol–water partition coefficient (Wildman–Crippen LogP) is 5.60. The second-order valence-corrected chi connectivity index (χ2v) is 8.02. The quantitative estimate of drug-likeness (QED) is 0.516. The standard InChI is InChI=1S/C22H20F3N3O2S/c1-13(2)20(30)27-17-9-7-16(8-10-17)26-19(29)11-18-12-31-21(28-18)14-3-5-15(6-4-14)22(23,24)25/h3-10,12-13H,11H2,1-2H3,(H,26,29)(H,27,30). The van der Waals surface area contributed by atoms with E-state index < -0.39 is 11.7 Å². The van der Waals surface area contributed by atoms with Crippen LogP contribution in [-0.4, -0.2) is 16.8 Å². The SMILES string of the molecule is CC(C)C(=O)Nc1ccc(NC(=O)Cc2csc(-c3ccc(C(F)(F)F)cc3)n2)cc1. The Morgan fingerprint density at radius 3 is 2.10 bits per heavy atom. The monoisotopic (exact) mass is 447 g/mol.